The predicted molar refractivity (Wildman–Crippen MR) is 104 cm³/mol. The van der Waals surface area contributed by atoms with Crippen molar-refractivity contribution in [1.82, 2.24) is 20.2 Å². The average molecular weight is 361 g/mol. The van der Waals surface area contributed by atoms with Crippen molar-refractivity contribution in [3.8, 4) is 17.1 Å². The molecule has 2 saturated carbocycles. The van der Waals surface area contributed by atoms with Gasteiger partial charge in [-0.15, -0.1) is 0 Å². The standard InChI is InChI=1S/C21H23N5O/c1-12-15-9-26(10-16(12)15)19-8-18(22-11-23-19)20-14-7-13(27-21(2)5-6-21)3-4-17(14)24-25-20/h3-4,7-8,11-12,15-16H,5-6,9-10H2,1-2H3,(H,24,25)/t12-,15-,16+. The molecule has 0 unspecified atom stereocenters. The Bertz CT molecular complexity index is 1030. The molecule has 2 aliphatic carbocycles. The smallest absolute Gasteiger partial charge is 0.132 e. The monoisotopic (exact) mass is 361 g/mol. The molecule has 0 spiro atoms. The van der Waals surface area contributed by atoms with E-state index in [1.807, 2.05) is 12.1 Å². The highest BCUT2D eigenvalue weighted by Crippen LogP contribution is 2.52. The minimum Gasteiger partial charge on any atom is -0.488 e. The fourth-order valence-corrected chi connectivity index (χ4v) is 4.48. The van der Waals surface area contributed by atoms with Crippen molar-refractivity contribution in [2.45, 2.75) is 32.3 Å². The maximum atomic E-state index is 6.13. The molecule has 3 heterocycles. The molecule has 1 N–H and O–H groups in total. The lowest BCUT2D eigenvalue weighted by Gasteiger charge is -2.20. The molecule has 6 nitrogen and oxygen atoms in total. The second-order valence-electron chi connectivity index (χ2n) is 8.68. The van der Waals surface area contributed by atoms with Gasteiger partial charge in [0.15, 0.2) is 0 Å². The van der Waals surface area contributed by atoms with Gasteiger partial charge in [-0.1, -0.05) is 6.92 Å². The summed E-state index contributed by atoms with van der Waals surface area (Å²) in [4.78, 5) is 11.4. The number of aromatic amines is 1. The number of hydrogen-bond acceptors (Lipinski definition) is 5. The van der Waals surface area contributed by atoms with Gasteiger partial charge in [-0.25, -0.2) is 9.97 Å². The van der Waals surface area contributed by atoms with Crippen LogP contribution >= 0.6 is 0 Å². The summed E-state index contributed by atoms with van der Waals surface area (Å²) in [6.07, 6.45) is 3.90. The van der Waals surface area contributed by atoms with Crippen molar-refractivity contribution in [3.05, 3.63) is 30.6 Å². The van der Waals surface area contributed by atoms with Crippen LogP contribution in [0.1, 0.15) is 26.7 Å². The number of hydrogen-bond donors (Lipinski definition) is 1. The fraction of sp³-hybridized carbons (Fsp3) is 0.476. The number of nitrogens with one attached hydrogen (secondary N) is 1. The van der Waals surface area contributed by atoms with Crippen LogP contribution in [0, 0.1) is 17.8 Å². The maximum absolute atomic E-state index is 6.13. The third-order valence-corrected chi connectivity index (χ3v) is 6.70. The number of nitrogens with zero attached hydrogens (tertiary/aromatic N) is 4. The Balaban J connectivity index is 1.34. The van der Waals surface area contributed by atoms with Crippen molar-refractivity contribution in [2.24, 2.45) is 17.8 Å². The highest BCUT2D eigenvalue weighted by molar-refractivity contribution is 5.93. The van der Waals surface area contributed by atoms with E-state index in [0.29, 0.717) is 0 Å². The lowest BCUT2D eigenvalue weighted by atomic mass is 10.1. The zero-order chi connectivity index (χ0) is 18.2. The summed E-state index contributed by atoms with van der Waals surface area (Å²) in [5.41, 5.74) is 2.74. The van der Waals surface area contributed by atoms with Crippen molar-refractivity contribution in [2.75, 3.05) is 18.0 Å². The quantitative estimate of drug-likeness (QED) is 0.768. The number of H-pyrrole nitrogens is 1. The minimum atomic E-state index is 0.00734. The number of rotatable bonds is 4. The molecule has 27 heavy (non-hydrogen) atoms. The van der Waals surface area contributed by atoms with Crippen molar-refractivity contribution in [1.29, 1.82) is 0 Å². The number of aromatic nitrogens is 4. The van der Waals surface area contributed by atoms with Gasteiger partial charge in [-0.05, 0) is 55.7 Å². The molecule has 1 aliphatic heterocycles. The molecule has 138 valence electrons. The lowest BCUT2D eigenvalue weighted by molar-refractivity contribution is 0.200. The Morgan fingerprint density at radius 3 is 2.74 bits per heavy atom. The third kappa shape index (κ3) is 2.50. The molecule has 6 heteroatoms. The molecule has 0 bridgehead atoms. The number of benzene rings is 1. The van der Waals surface area contributed by atoms with E-state index in [2.05, 4.69) is 51.0 Å². The van der Waals surface area contributed by atoms with Crippen LogP contribution in [0.15, 0.2) is 30.6 Å². The number of anilines is 1. The molecule has 3 fully saturated rings. The van der Waals surface area contributed by atoms with Crippen LogP contribution in [-0.2, 0) is 0 Å². The zero-order valence-corrected chi connectivity index (χ0v) is 15.6. The summed E-state index contributed by atoms with van der Waals surface area (Å²) in [5, 5.41) is 8.65. The van der Waals surface area contributed by atoms with Crippen molar-refractivity contribution >= 4 is 16.7 Å². The summed E-state index contributed by atoms with van der Waals surface area (Å²) in [6, 6.07) is 8.16. The summed E-state index contributed by atoms with van der Waals surface area (Å²) in [6.45, 7) is 6.74. The fourth-order valence-electron chi connectivity index (χ4n) is 4.48. The molecule has 6 rings (SSSR count). The normalized spacial score (nSPS) is 27.6. The molecule has 0 radical (unpaired) electrons. The number of piperidine rings is 1. The number of fused-ring (bicyclic) bond motifs is 2. The van der Waals surface area contributed by atoms with E-state index in [1.54, 1.807) is 6.33 Å². The number of ether oxygens (including phenoxy) is 1. The molecule has 0 amide bonds. The van der Waals surface area contributed by atoms with Crippen LogP contribution < -0.4 is 9.64 Å². The second kappa shape index (κ2) is 5.21. The summed E-state index contributed by atoms with van der Waals surface area (Å²) < 4.78 is 6.13. The first-order chi connectivity index (χ1) is 13.1. The molecule has 1 aromatic carbocycles. The largest absolute Gasteiger partial charge is 0.488 e. The average Bonchev–Trinajstić information content (AvgIpc) is 3.36. The second-order valence-corrected chi connectivity index (χ2v) is 8.68. The van der Waals surface area contributed by atoms with E-state index in [-0.39, 0.29) is 5.60 Å². The highest BCUT2D eigenvalue weighted by atomic mass is 16.5. The van der Waals surface area contributed by atoms with Gasteiger partial charge in [0, 0.05) is 24.5 Å². The van der Waals surface area contributed by atoms with Crippen LogP contribution in [0.4, 0.5) is 5.82 Å². The molecular formula is C21H23N5O. The summed E-state index contributed by atoms with van der Waals surface area (Å²) in [7, 11) is 0. The summed E-state index contributed by atoms with van der Waals surface area (Å²) in [5.74, 6) is 4.48. The Labute approximate surface area is 158 Å². The van der Waals surface area contributed by atoms with Crippen molar-refractivity contribution < 1.29 is 4.74 Å². The Morgan fingerprint density at radius 2 is 1.96 bits per heavy atom. The van der Waals surface area contributed by atoms with Gasteiger partial charge in [-0.3, -0.25) is 5.10 Å². The Morgan fingerprint density at radius 1 is 1.15 bits per heavy atom. The first-order valence-electron chi connectivity index (χ1n) is 9.84. The van der Waals surface area contributed by atoms with E-state index < -0.39 is 0 Å². The minimum absolute atomic E-state index is 0.00734. The topological polar surface area (TPSA) is 66.9 Å². The van der Waals surface area contributed by atoms with Gasteiger partial charge in [-0.2, -0.15) is 5.10 Å². The van der Waals surface area contributed by atoms with Gasteiger partial charge in [0.2, 0.25) is 0 Å². The van der Waals surface area contributed by atoms with Crippen LogP contribution in [-0.4, -0.2) is 38.9 Å². The van der Waals surface area contributed by atoms with Gasteiger partial charge >= 0.3 is 0 Å². The Kier molecular flexibility index (Phi) is 2.98. The first-order valence-corrected chi connectivity index (χ1v) is 9.84. The molecule has 2 aromatic heterocycles. The van der Waals surface area contributed by atoms with Crippen LogP contribution in [0.3, 0.4) is 0 Å². The van der Waals surface area contributed by atoms with E-state index in [9.17, 15) is 0 Å². The first kappa shape index (κ1) is 15.4. The third-order valence-electron chi connectivity index (χ3n) is 6.70. The van der Waals surface area contributed by atoms with Crippen LogP contribution in [0.2, 0.25) is 0 Å². The molecule has 1 saturated heterocycles. The predicted octanol–water partition coefficient (Wildman–Crippen LogP) is 3.65. The molecule has 3 atom stereocenters. The summed E-state index contributed by atoms with van der Waals surface area (Å²) >= 11 is 0. The van der Waals surface area contributed by atoms with Gasteiger partial charge < -0.3 is 9.64 Å². The van der Waals surface area contributed by atoms with Gasteiger partial charge in [0.1, 0.15) is 23.5 Å². The van der Waals surface area contributed by atoms with E-state index in [1.165, 1.54) is 0 Å². The zero-order valence-electron chi connectivity index (χ0n) is 15.6. The van der Waals surface area contributed by atoms with Crippen molar-refractivity contribution in [3.63, 3.8) is 0 Å². The van der Waals surface area contributed by atoms with E-state index in [0.717, 1.165) is 77.5 Å². The lowest BCUT2D eigenvalue weighted by Crippen LogP contribution is -2.24. The van der Waals surface area contributed by atoms with Gasteiger partial charge in [0.05, 0.1) is 16.9 Å². The highest BCUT2D eigenvalue weighted by Gasteiger charge is 2.52. The molecule has 3 aromatic rings. The maximum Gasteiger partial charge on any atom is 0.132 e. The van der Waals surface area contributed by atoms with Crippen LogP contribution in [0.25, 0.3) is 22.3 Å². The van der Waals surface area contributed by atoms with E-state index >= 15 is 0 Å². The van der Waals surface area contributed by atoms with E-state index in [4.69, 9.17) is 4.74 Å². The molecular weight excluding hydrogens is 338 g/mol. The SMILES string of the molecule is C[C@@H]1[C@H]2CN(c3cc(-c4[nH]nc5ccc(OC6(C)CC6)cc45)ncn3)C[C@@H]12. The molecule has 3 aliphatic rings. The Hall–Kier alpha value is -2.63. The van der Waals surface area contributed by atoms with Crippen LogP contribution in [0.5, 0.6) is 5.75 Å². The van der Waals surface area contributed by atoms with Gasteiger partial charge in [0.25, 0.3) is 0 Å².